The maximum absolute atomic E-state index is 11.6. The van der Waals surface area contributed by atoms with Crippen molar-refractivity contribution in [2.45, 2.75) is 39.5 Å². The third kappa shape index (κ3) is 5.21. The first kappa shape index (κ1) is 14.6. The van der Waals surface area contributed by atoms with Crippen molar-refractivity contribution in [3.63, 3.8) is 0 Å². The smallest absolute Gasteiger partial charge is 0.239 e. The van der Waals surface area contributed by atoms with Crippen LogP contribution in [0.4, 0.5) is 5.69 Å². The molecule has 18 heavy (non-hydrogen) atoms. The van der Waals surface area contributed by atoms with E-state index in [1.165, 1.54) is 18.4 Å². The molecule has 3 heteroatoms. The summed E-state index contributed by atoms with van der Waals surface area (Å²) in [5, 5.41) is 6.12. The van der Waals surface area contributed by atoms with E-state index >= 15 is 0 Å². The predicted octanol–water partition coefficient (Wildman–Crippen LogP) is 2.97. The minimum atomic E-state index is 0.0667. The average molecular weight is 248 g/mol. The van der Waals surface area contributed by atoms with E-state index in [-0.39, 0.29) is 5.91 Å². The minimum Gasteiger partial charge on any atom is -0.376 e. The number of para-hydroxylation sites is 1. The van der Waals surface area contributed by atoms with Crippen LogP contribution in [-0.2, 0) is 11.2 Å². The van der Waals surface area contributed by atoms with Crippen LogP contribution in [0.15, 0.2) is 24.3 Å². The highest BCUT2D eigenvalue weighted by molar-refractivity contribution is 5.80. The number of carbonyl (C=O) groups excluding carboxylic acids is 1. The van der Waals surface area contributed by atoms with Gasteiger partial charge in [-0.2, -0.15) is 0 Å². The molecule has 100 valence electrons. The van der Waals surface area contributed by atoms with E-state index in [1.807, 2.05) is 18.2 Å². The summed E-state index contributed by atoms with van der Waals surface area (Å²) >= 11 is 0. The van der Waals surface area contributed by atoms with E-state index in [9.17, 15) is 4.79 Å². The van der Waals surface area contributed by atoms with Gasteiger partial charge in [-0.15, -0.1) is 0 Å². The number of unbranched alkanes of at least 4 members (excludes halogenated alkanes) is 2. The highest BCUT2D eigenvalue weighted by Gasteiger charge is 2.02. The zero-order valence-corrected chi connectivity index (χ0v) is 11.5. The lowest BCUT2D eigenvalue weighted by molar-refractivity contribution is -0.119. The van der Waals surface area contributed by atoms with Gasteiger partial charge in [0.05, 0.1) is 6.54 Å². The SMILES string of the molecule is CCCCCNC(=O)CNc1ccccc1CC. The number of hydrogen-bond donors (Lipinski definition) is 2. The molecule has 1 amide bonds. The number of nitrogens with one attached hydrogen (secondary N) is 2. The summed E-state index contributed by atoms with van der Waals surface area (Å²) in [6.45, 7) is 5.41. The summed E-state index contributed by atoms with van der Waals surface area (Å²) in [5.41, 5.74) is 2.31. The Balaban J connectivity index is 2.29. The molecular formula is C15H24N2O. The zero-order chi connectivity index (χ0) is 13.2. The van der Waals surface area contributed by atoms with Crippen LogP contribution in [0.5, 0.6) is 0 Å². The Kier molecular flexibility index (Phi) is 6.92. The number of hydrogen-bond acceptors (Lipinski definition) is 2. The molecule has 0 aromatic heterocycles. The summed E-state index contributed by atoms with van der Waals surface area (Å²) in [6, 6.07) is 8.11. The van der Waals surface area contributed by atoms with Crippen molar-refractivity contribution in [2.24, 2.45) is 0 Å². The molecule has 0 atom stereocenters. The van der Waals surface area contributed by atoms with Gasteiger partial charge in [0.1, 0.15) is 0 Å². The maximum Gasteiger partial charge on any atom is 0.239 e. The van der Waals surface area contributed by atoms with Gasteiger partial charge in [0.15, 0.2) is 0 Å². The van der Waals surface area contributed by atoms with Crippen molar-refractivity contribution in [2.75, 3.05) is 18.4 Å². The second kappa shape index (κ2) is 8.56. The molecule has 0 aliphatic heterocycles. The molecule has 2 N–H and O–H groups in total. The van der Waals surface area contributed by atoms with Gasteiger partial charge in [0.2, 0.25) is 5.91 Å². The van der Waals surface area contributed by atoms with Gasteiger partial charge in [-0.1, -0.05) is 44.9 Å². The van der Waals surface area contributed by atoms with Crippen LogP contribution in [-0.4, -0.2) is 19.0 Å². The number of anilines is 1. The summed E-state index contributed by atoms with van der Waals surface area (Å²) in [4.78, 5) is 11.6. The molecular weight excluding hydrogens is 224 g/mol. The molecule has 0 radical (unpaired) electrons. The molecule has 0 saturated carbocycles. The normalized spacial score (nSPS) is 10.1. The molecule has 1 rings (SSSR count). The molecule has 1 aromatic carbocycles. The largest absolute Gasteiger partial charge is 0.376 e. The van der Waals surface area contributed by atoms with E-state index in [4.69, 9.17) is 0 Å². The Morgan fingerprint density at radius 2 is 1.94 bits per heavy atom. The third-order valence-corrected chi connectivity index (χ3v) is 2.94. The van der Waals surface area contributed by atoms with Crippen LogP contribution in [0.25, 0.3) is 0 Å². The lowest BCUT2D eigenvalue weighted by atomic mass is 10.1. The van der Waals surface area contributed by atoms with E-state index in [2.05, 4.69) is 30.5 Å². The minimum absolute atomic E-state index is 0.0667. The Morgan fingerprint density at radius 1 is 1.17 bits per heavy atom. The first-order chi connectivity index (χ1) is 8.77. The Morgan fingerprint density at radius 3 is 2.67 bits per heavy atom. The maximum atomic E-state index is 11.6. The van der Waals surface area contributed by atoms with Crippen molar-refractivity contribution in [3.05, 3.63) is 29.8 Å². The van der Waals surface area contributed by atoms with Crippen molar-refractivity contribution < 1.29 is 4.79 Å². The third-order valence-electron chi connectivity index (χ3n) is 2.94. The Labute approximate surface area is 110 Å². The second-order valence-corrected chi connectivity index (χ2v) is 4.42. The van der Waals surface area contributed by atoms with Crippen LogP contribution in [0.3, 0.4) is 0 Å². The van der Waals surface area contributed by atoms with Crippen LogP contribution in [0, 0.1) is 0 Å². The Hall–Kier alpha value is -1.51. The molecule has 0 unspecified atom stereocenters. The van der Waals surface area contributed by atoms with Gasteiger partial charge in [-0.25, -0.2) is 0 Å². The number of carbonyl (C=O) groups is 1. The van der Waals surface area contributed by atoms with Gasteiger partial charge < -0.3 is 10.6 Å². The van der Waals surface area contributed by atoms with Crippen LogP contribution < -0.4 is 10.6 Å². The molecule has 0 saturated heterocycles. The lowest BCUT2D eigenvalue weighted by Crippen LogP contribution is -2.30. The fourth-order valence-electron chi connectivity index (χ4n) is 1.84. The Bertz CT molecular complexity index is 363. The van der Waals surface area contributed by atoms with E-state index < -0.39 is 0 Å². The molecule has 0 aliphatic rings. The van der Waals surface area contributed by atoms with Gasteiger partial charge in [-0.05, 0) is 24.5 Å². The summed E-state index contributed by atoms with van der Waals surface area (Å²) in [7, 11) is 0. The average Bonchev–Trinajstić information content (AvgIpc) is 2.41. The molecule has 0 aliphatic carbocycles. The summed E-state index contributed by atoms with van der Waals surface area (Å²) in [6.07, 6.45) is 4.39. The lowest BCUT2D eigenvalue weighted by Gasteiger charge is -2.10. The highest BCUT2D eigenvalue weighted by Crippen LogP contribution is 2.14. The standard InChI is InChI=1S/C15H24N2O/c1-3-5-8-11-16-15(18)12-17-14-10-7-6-9-13(14)4-2/h6-7,9-10,17H,3-5,8,11-12H2,1-2H3,(H,16,18). The summed E-state index contributed by atoms with van der Waals surface area (Å²) < 4.78 is 0. The molecule has 0 heterocycles. The second-order valence-electron chi connectivity index (χ2n) is 4.42. The van der Waals surface area contributed by atoms with Crippen molar-refractivity contribution in [1.29, 1.82) is 0 Å². The quantitative estimate of drug-likeness (QED) is 0.694. The number of benzene rings is 1. The van der Waals surface area contributed by atoms with Crippen molar-refractivity contribution in [1.82, 2.24) is 5.32 Å². The monoisotopic (exact) mass is 248 g/mol. The molecule has 0 bridgehead atoms. The van der Waals surface area contributed by atoms with E-state index in [0.717, 1.165) is 25.1 Å². The first-order valence-electron chi connectivity index (χ1n) is 6.86. The van der Waals surface area contributed by atoms with Crippen molar-refractivity contribution >= 4 is 11.6 Å². The van der Waals surface area contributed by atoms with Crippen LogP contribution in [0.1, 0.15) is 38.7 Å². The molecule has 0 spiro atoms. The number of aryl methyl sites for hydroxylation is 1. The van der Waals surface area contributed by atoms with E-state index in [1.54, 1.807) is 0 Å². The predicted molar refractivity (Wildman–Crippen MR) is 76.8 cm³/mol. The number of amides is 1. The fourth-order valence-corrected chi connectivity index (χ4v) is 1.84. The van der Waals surface area contributed by atoms with Gasteiger partial charge in [0.25, 0.3) is 0 Å². The fraction of sp³-hybridized carbons (Fsp3) is 0.533. The zero-order valence-electron chi connectivity index (χ0n) is 11.5. The number of rotatable bonds is 8. The molecule has 1 aromatic rings. The molecule has 3 nitrogen and oxygen atoms in total. The van der Waals surface area contributed by atoms with Crippen LogP contribution in [0.2, 0.25) is 0 Å². The van der Waals surface area contributed by atoms with Crippen molar-refractivity contribution in [3.8, 4) is 0 Å². The highest BCUT2D eigenvalue weighted by atomic mass is 16.1. The topological polar surface area (TPSA) is 41.1 Å². The van der Waals surface area contributed by atoms with Gasteiger partial charge in [0, 0.05) is 12.2 Å². The first-order valence-corrected chi connectivity index (χ1v) is 6.86. The van der Waals surface area contributed by atoms with Crippen LogP contribution >= 0.6 is 0 Å². The van der Waals surface area contributed by atoms with E-state index in [0.29, 0.717) is 6.54 Å². The summed E-state index contributed by atoms with van der Waals surface area (Å²) in [5.74, 6) is 0.0667. The van der Waals surface area contributed by atoms with Gasteiger partial charge in [-0.3, -0.25) is 4.79 Å². The van der Waals surface area contributed by atoms with Gasteiger partial charge >= 0.3 is 0 Å². The molecule has 0 fully saturated rings.